The molecule has 0 radical (unpaired) electrons. The Morgan fingerprint density at radius 1 is 1.36 bits per heavy atom. The first kappa shape index (κ1) is 10.9. The maximum Gasteiger partial charge on any atom is 0.209 e. The summed E-state index contributed by atoms with van der Waals surface area (Å²) in [4.78, 5) is 0. The van der Waals surface area contributed by atoms with E-state index in [-0.39, 0.29) is 17.1 Å². The number of hydrogen-bond donors (Lipinski definition) is 1. The van der Waals surface area contributed by atoms with Crippen molar-refractivity contribution in [1.29, 1.82) is 0 Å². The van der Waals surface area contributed by atoms with Gasteiger partial charge in [0, 0.05) is 0 Å². The summed E-state index contributed by atoms with van der Waals surface area (Å²) < 4.78 is 21.3. The monoisotopic (exact) mass is 179 g/mol. The Morgan fingerprint density at radius 2 is 1.73 bits per heavy atom. The summed E-state index contributed by atoms with van der Waals surface area (Å²) in [5.74, 6) is 0.161. The van der Waals surface area contributed by atoms with Crippen molar-refractivity contribution in [3.8, 4) is 0 Å². The summed E-state index contributed by atoms with van der Waals surface area (Å²) in [7, 11) is -3.31. The Bertz CT molecular complexity index is 213. The molecule has 11 heavy (non-hydrogen) atoms. The summed E-state index contributed by atoms with van der Waals surface area (Å²) >= 11 is 0. The van der Waals surface area contributed by atoms with Crippen LogP contribution >= 0.6 is 0 Å². The van der Waals surface area contributed by atoms with Crippen molar-refractivity contribution in [2.24, 2.45) is 16.5 Å². The second kappa shape index (κ2) is 3.11. The van der Waals surface area contributed by atoms with Crippen molar-refractivity contribution in [3.05, 3.63) is 0 Å². The van der Waals surface area contributed by atoms with Gasteiger partial charge in [0.15, 0.2) is 0 Å². The highest BCUT2D eigenvalue weighted by Gasteiger charge is 2.23. The molecule has 1 atom stereocenters. The smallest absolute Gasteiger partial charge is 0.209 e. The van der Waals surface area contributed by atoms with E-state index in [1.807, 2.05) is 27.7 Å². The van der Waals surface area contributed by atoms with Crippen LogP contribution in [-0.4, -0.2) is 14.2 Å². The van der Waals surface area contributed by atoms with Crippen LogP contribution in [-0.2, 0) is 10.0 Å². The topological polar surface area (TPSA) is 60.2 Å². The van der Waals surface area contributed by atoms with E-state index in [0.29, 0.717) is 0 Å². The minimum atomic E-state index is -3.31. The van der Waals surface area contributed by atoms with E-state index in [4.69, 9.17) is 5.14 Å². The van der Waals surface area contributed by atoms with E-state index < -0.39 is 10.0 Å². The number of rotatable bonds is 2. The maximum atomic E-state index is 10.7. The molecular formula is C7H17NO2S. The molecule has 0 saturated heterocycles. The normalized spacial score (nSPS) is 16.5. The molecule has 68 valence electrons. The molecule has 0 aliphatic rings. The molecule has 0 fully saturated rings. The zero-order valence-corrected chi connectivity index (χ0v) is 8.40. The van der Waals surface area contributed by atoms with Gasteiger partial charge >= 0.3 is 0 Å². The third-order valence-electron chi connectivity index (χ3n) is 1.96. The molecule has 0 spiro atoms. The third-order valence-corrected chi connectivity index (χ3v) is 2.93. The second-order valence-corrected chi connectivity index (χ2v) is 5.76. The molecule has 0 amide bonds. The summed E-state index contributed by atoms with van der Waals surface area (Å²) in [5, 5.41) is 4.91. The molecule has 0 aromatic carbocycles. The Labute approximate surface area is 69.0 Å². The number of sulfonamides is 1. The fraction of sp³-hybridized carbons (Fsp3) is 1.00. The average Bonchev–Trinajstić information content (AvgIpc) is 1.56. The van der Waals surface area contributed by atoms with Gasteiger partial charge in [-0.2, -0.15) is 0 Å². The van der Waals surface area contributed by atoms with Crippen molar-refractivity contribution in [2.75, 3.05) is 5.75 Å². The molecule has 4 heteroatoms. The highest BCUT2D eigenvalue weighted by atomic mass is 32.2. The Kier molecular flexibility index (Phi) is 3.08. The SMILES string of the molecule is C[C@H](CS(N)(=O)=O)C(C)(C)C. The van der Waals surface area contributed by atoms with Crippen molar-refractivity contribution in [2.45, 2.75) is 27.7 Å². The maximum absolute atomic E-state index is 10.7. The van der Waals surface area contributed by atoms with Crippen LogP contribution in [0.25, 0.3) is 0 Å². The van der Waals surface area contributed by atoms with Crippen LogP contribution in [0.3, 0.4) is 0 Å². The lowest BCUT2D eigenvalue weighted by Crippen LogP contribution is -2.29. The van der Waals surface area contributed by atoms with Crippen LogP contribution in [0, 0.1) is 11.3 Å². The molecule has 0 aliphatic heterocycles. The van der Waals surface area contributed by atoms with Gasteiger partial charge in [-0.25, -0.2) is 13.6 Å². The fourth-order valence-corrected chi connectivity index (χ4v) is 1.80. The molecule has 0 bridgehead atoms. The molecule has 0 aliphatic carbocycles. The van der Waals surface area contributed by atoms with Gasteiger partial charge in [-0.3, -0.25) is 0 Å². The minimum Gasteiger partial charge on any atom is -0.229 e. The van der Waals surface area contributed by atoms with Crippen molar-refractivity contribution in [1.82, 2.24) is 0 Å². The van der Waals surface area contributed by atoms with E-state index in [1.165, 1.54) is 0 Å². The van der Waals surface area contributed by atoms with Gasteiger partial charge in [-0.15, -0.1) is 0 Å². The van der Waals surface area contributed by atoms with E-state index in [1.54, 1.807) is 0 Å². The second-order valence-electron chi connectivity index (χ2n) is 4.10. The Hall–Kier alpha value is -0.0900. The zero-order chi connectivity index (χ0) is 9.28. The highest BCUT2D eigenvalue weighted by Crippen LogP contribution is 2.25. The zero-order valence-electron chi connectivity index (χ0n) is 7.59. The van der Waals surface area contributed by atoms with Gasteiger partial charge in [-0.1, -0.05) is 27.7 Å². The van der Waals surface area contributed by atoms with E-state index in [9.17, 15) is 8.42 Å². The predicted octanol–water partition coefficient (Wildman–Crippen LogP) is 0.957. The summed E-state index contributed by atoms with van der Waals surface area (Å²) in [6.45, 7) is 7.90. The lowest BCUT2D eigenvalue weighted by molar-refractivity contribution is 0.285. The molecule has 0 saturated carbocycles. The first-order chi connectivity index (χ1) is 4.63. The van der Waals surface area contributed by atoms with Gasteiger partial charge in [-0.05, 0) is 11.3 Å². The molecule has 0 heterocycles. The van der Waals surface area contributed by atoms with Crippen LogP contribution in [0.2, 0.25) is 0 Å². The van der Waals surface area contributed by atoms with E-state index in [0.717, 1.165) is 0 Å². The third kappa shape index (κ3) is 5.21. The van der Waals surface area contributed by atoms with E-state index >= 15 is 0 Å². The van der Waals surface area contributed by atoms with Crippen molar-refractivity contribution < 1.29 is 8.42 Å². The lowest BCUT2D eigenvalue weighted by atomic mass is 9.83. The first-order valence-corrected chi connectivity index (χ1v) is 5.35. The molecule has 0 unspecified atom stereocenters. The first-order valence-electron chi connectivity index (χ1n) is 3.63. The largest absolute Gasteiger partial charge is 0.229 e. The van der Waals surface area contributed by atoms with Gasteiger partial charge in [0.05, 0.1) is 5.75 Å². The van der Waals surface area contributed by atoms with Crippen molar-refractivity contribution in [3.63, 3.8) is 0 Å². The summed E-state index contributed by atoms with van der Waals surface area (Å²) in [6, 6.07) is 0. The standard InChI is InChI=1S/C7H17NO2S/c1-6(7(2,3)4)5-11(8,9)10/h6H,5H2,1-4H3,(H2,8,9,10)/t6-/m1/s1. The molecule has 3 nitrogen and oxygen atoms in total. The molecular weight excluding hydrogens is 162 g/mol. The molecule has 0 aromatic rings. The van der Waals surface area contributed by atoms with Gasteiger partial charge in [0.2, 0.25) is 10.0 Å². The summed E-state index contributed by atoms with van der Waals surface area (Å²) in [5.41, 5.74) is 0.00639. The quantitative estimate of drug-likeness (QED) is 0.686. The van der Waals surface area contributed by atoms with Crippen LogP contribution in [0.4, 0.5) is 0 Å². The van der Waals surface area contributed by atoms with Crippen LogP contribution in [0.5, 0.6) is 0 Å². The molecule has 0 aromatic heterocycles. The fourth-order valence-electron chi connectivity index (χ4n) is 0.598. The Morgan fingerprint density at radius 3 is 1.82 bits per heavy atom. The number of primary sulfonamides is 1. The van der Waals surface area contributed by atoms with Crippen LogP contribution < -0.4 is 5.14 Å². The predicted molar refractivity (Wildman–Crippen MR) is 46.6 cm³/mol. The summed E-state index contributed by atoms with van der Waals surface area (Å²) in [6.07, 6.45) is 0. The lowest BCUT2D eigenvalue weighted by Gasteiger charge is -2.25. The van der Waals surface area contributed by atoms with Crippen LogP contribution in [0.15, 0.2) is 0 Å². The van der Waals surface area contributed by atoms with Crippen molar-refractivity contribution >= 4 is 10.0 Å². The van der Waals surface area contributed by atoms with Gasteiger partial charge in [0.1, 0.15) is 0 Å². The molecule has 0 rings (SSSR count). The molecule has 2 N–H and O–H groups in total. The van der Waals surface area contributed by atoms with E-state index in [2.05, 4.69) is 0 Å². The number of nitrogens with two attached hydrogens (primary N) is 1. The highest BCUT2D eigenvalue weighted by molar-refractivity contribution is 7.89. The van der Waals surface area contributed by atoms with Gasteiger partial charge in [0.25, 0.3) is 0 Å². The minimum absolute atomic E-state index is 0.00639. The number of hydrogen-bond acceptors (Lipinski definition) is 2. The van der Waals surface area contributed by atoms with Gasteiger partial charge < -0.3 is 0 Å². The van der Waals surface area contributed by atoms with Crippen LogP contribution in [0.1, 0.15) is 27.7 Å². The average molecular weight is 179 g/mol. The Balaban J connectivity index is 4.21.